The Hall–Kier alpha value is -2.52. The van der Waals surface area contributed by atoms with Gasteiger partial charge in [0.05, 0.1) is 27.6 Å². The van der Waals surface area contributed by atoms with Crippen molar-refractivity contribution in [2.75, 3.05) is 18.8 Å². The van der Waals surface area contributed by atoms with E-state index in [0.29, 0.717) is 24.5 Å². The van der Waals surface area contributed by atoms with E-state index < -0.39 is 10.0 Å². The zero-order valence-electron chi connectivity index (χ0n) is 15.7. The lowest BCUT2D eigenvalue weighted by molar-refractivity contribution is -0.130. The predicted octanol–water partition coefficient (Wildman–Crippen LogP) is 2.85. The Morgan fingerprint density at radius 2 is 2.00 bits per heavy atom. The van der Waals surface area contributed by atoms with Crippen molar-refractivity contribution < 1.29 is 13.2 Å². The molecule has 1 amide bonds. The second-order valence-electron chi connectivity index (χ2n) is 7.38. The fourth-order valence-corrected chi connectivity index (χ4v) is 6.04. The molecule has 0 saturated carbocycles. The molecule has 3 aliphatic heterocycles. The normalized spacial score (nSPS) is 23.5. The van der Waals surface area contributed by atoms with Gasteiger partial charge in [-0.1, -0.05) is 12.1 Å². The molecule has 1 atom stereocenters. The highest BCUT2D eigenvalue weighted by molar-refractivity contribution is 7.90. The number of fused-ring (bicyclic) bond motifs is 2. The molecule has 4 heterocycles. The SMILES string of the molecule is O=C(C1=CN2CCS(=O)(=O)N=C2C=C1)N1CCCC[C@H]1c1nc2ccccc2s1. The summed E-state index contributed by atoms with van der Waals surface area (Å²) in [5.41, 5.74) is 1.52. The summed E-state index contributed by atoms with van der Waals surface area (Å²) in [6.07, 6.45) is 7.94. The Bertz CT molecular complexity index is 1150. The number of benzene rings is 1. The van der Waals surface area contributed by atoms with E-state index in [-0.39, 0.29) is 17.7 Å². The van der Waals surface area contributed by atoms with Crippen molar-refractivity contribution in [2.45, 2.75) is 25.3 Å². The lowest BCUT2D eigenvalue weighted by Crippen LogP contribution is -2.41. The number of hydrogen-bond donors (Lipinski definition) is 0. The van der Waals surface area contributed by atoms with Crippen molar-refractivity contribution in [3.63, 3.8) is 0 Å². The Balaban J connectivity index is 1.43. The molecule has 0 spiro atoms. The summed E-state index contributed by atoms with van der Waals surface area (Å²) in [7, 11) is -3.41. The first-order valence-electron chi connectivity index (χ1n) is 9.66. The van der Waals surface area contributed by atoms with Crippen LogP contribution in [0.1, 0.15) is 30.3 Å². The molecule has 1 aromatic heterocycles. The Labute approximate surface area is 173 Å². The number of thiazole rings is 1. The van der Waals surface area contributed by atoms with E-state index in [4.69, 9.17) is 4.98 Å². The average molecular weight is 429 g/mol. The molecule has 1 saturated heterocycles. The molecule has 0 aliphatic carbocycles. The number of amides is 1. The summed E-state index contributed by atoms with van der Waals surface area (Å²) >= 11 is 1.65. The van der Waals surface area contributed by atoms with Crippen molar-refractivity contribution in [1.29, 1.82) is 0 Å². The van der Waals surface area contributed by atoms with Gasteiger partial charge in [-0.15, -0.1) is 15.7 Å². The topological polar surface area (TPSA) is 82.9 Å². The molecule has 29 heavy (non-hydrogen) atoms. The van der Waals surface area contributed by atoms with Crippen LogP contribution in [0.4, 0.5) is 0 Å². The third kappa shape index (κ3) is 3.49. The number of nitrogens with zero attached hydrogens (tertiary/aromatic N) is 4. The summed E-state index contributed by atoms with van der Waals surface area (Å²) in [6, 6.07) is 8.01. The zero-order valence-corrected chi connectivity index (χ0v) is 17.3. The van der Waals surface area contributed by atoms with Gasteiger partial charge in [0.25, 0.3) is 15.9 Å². The van der Waals surface area contributed by atoms with Crippen LogP contribution in [0.2, 0.25) is 0 Å². The molecule has 7 nitrogen and oxygen atoms in total. The third-order valence-electron chi connectivity index (χ3n) is 5.43. The molecule has 0 bridgehead atoms. The number of hydrogen-bond acceptors (Lipinski definition) is 6. The van der Waals surface area contributed by atoms with Gasteiger partial charge in [-0.05, 0) is 43.5 Å². The van der Waals surface area contributed by atoms with Crippen LogP contribution < -0.4 is 0 Å². The second-order valence-corrected chi connectivity index (χ2v) is 10.2. The minimum atomic E-state index is -3.41. The molecule has 1 aromatic carbocycles. The molecule has 5 rings (SSSR count). The van der Waals surface area contributed by atoms with Crippen molar-refractivity contribution in [2.24, 2.45) is 4.40 Å². The molecule has 3 aliphatic rings. The fourth-order valence-electron chi connectivity index (χ4n) is 3.96. The Morgan fingerprint density at radius 1 is 1.14 bits per heavy atom. The number of carbonyl (C=O) groups excluding carboxylic acids is 1. The van der Waals surface area contributed by atoms with Gasteiger partial charge in [0, 0.05) is 19.3 Å². The van der Waals surface area contributed by atoms with Gasteiger partial charge < -0.3 is 9.80 Å². The fraction of sp³-hybridized carbons (Fsp3) is 0.350. The first kappa shape index (κ1) is 18.5. The first-order chi connectivity index (χ1) is 14.0. The van der Waals surface area contributed by atoms with Crippen LogP contribution in [0.3, 0.4) is 0 Å². The van der Waals surface area contributed by atoms with E-state index in [0.717, 1.165) is 34.5 Å². The number of para-hydroxylation sites is 1. The molecular formula is C20H20N4O3S2. The Morgan fingerprint density at radius 3 is 2.86 bits per heavy atom. The van der Waals surface area contributed by atoms with Crippen molar-refractivity contribution in [1.82, 2.24) is 14.8 Å². The minimum Gasteiger partial charge on any atom is -0.330 e. The van der Waals surface area contributed by atoms with E-state index in [1.165, 1.54) is 0 Å². The second kappa shape index (κ2) is 7.07. The van der Waals surface area contributed by atoms with Crippen molar-refractivity contribution >= 4 is 43.3 Å². The van der Waals surface area contributed by atoms with Gasteiger partial charge in [-0.2, -0.15) is 0 Å². The van der Waals surface area contributed by atoms with Gasteiger partial charge in [0.1, 0.15) is 10.8 Å². The molecule has 150 valence electrons. The summed E-state index contributed by atoms with van der Waals surface area (Å²) in [5, 5.41) is 0.978. The van der Waals surface area contributed by atoms with Gasteiger partial charge >= 0.3 is 0 Å². The smallest absolute Gasteiger partial charge is 0.256 e. The van der Waals surface area contributed by atoms with Crippen LogP contribution in [0.15, 0.2) is 52.6 Å². The van der Waals surface area contributed by atoms with E-state index in [9.17, 15) is 13.2 Å². The molecule has 1 fully saturated rings. The monoisotopic (exact) mass is 428 g/mol. The molecule has 0 radical (unpaired) electrons. The van der Waals surface area contributed by atoms with Crippen LogP contribution in [-0.2, 0) is 14.8 Å². The highest BCUT2D eigenvalue weighted by Gasteiger charge is 2.33. The first-order valence-corrected chi connectivity index (χ1v) is 12.1. The summed E-state index contributed by atoms with van der Waals surface area (Å²) in [4.78, 5) is 21.8. The van der Waals surface area contributed by atoms with Crippen LogP contribution in [-0.4, -0.2) is 53.8 Å². The van der Waals surface area contributed by atoms with Crippen molar-refractivity contribution in [3.8, 4) is 0 Å². The maximum atomic E-state index is 13.4. The molecule has 2 aromatic rings. The number of amidine groups is 1. The number of carbonyl (C=O) groups is 1. The highest BCUT2D eigenvalue weighted by Crippen LogP contribution is 2.36. The number of likely N-dealkylation sites (tertiary alicyclic amines) is 1. The third-order valence-corrected chi connectivity index (χ3v) is 7.73. The van der Waals surface area contributed by atoms with Gasteiger partial charge in [-0.25, -0.2) is 13.4 Å². The molecule has 9 heteroatoms. The summed E-state index contributed by atoms with van der Waals surface area (Å²) in [5.74, 6) is 0.284. The summed E-state index contributed by atoms with van der Waals surface area (Å²) in [6.45, 7) is 1.00. The number of sulfonamides is 1. The lowest BCUT2D eigenvalue weighted by atomic mass is 10.0. The largest absolute Gasteiger partial charge is 0.330 e. The minimum absolute atomic E-state index is 0.0280. The van der Waals surface area contributed by atoms with Crippen LogP contribution >= 0.6 is 11.3 Å². The van der Waals surface area contributed by atoms with Crippen LogP contribution in [0, 0.1) is 0 Å². The van der Waals surface area contributed by atoms with Crippen LogP contribution in [0.25, 0.3) is 10.2 Å². The van der Waals surface area contributed by atoms with Gasteiger partial charge in [0.15, 0.2) is 0 Å². The number of rotatable bonds is 2. The quantitative estimate of drug-likeness (QED) is 0.735. The maximum absolute atomic E-state index is 13.4. The number of piperidine rings is 1. The lowest BCUT2D eigenvalue weighted by Gasteiger charge is -2.36. The van der Waals surface area contributed by atoms with Crippen molar-refractivity contribution in [3.05, 3.63) is 53.2 Å². The molecule has 0 N–H and O–H groups in total. The van der Waals surface area contributed by atoms with E-state index >= 15 is 0 Å². The zero-order chi connectivity index (χ0) is 20.0. The van der Waals surface area contributed by atoms with E-state index in [2.05, 4.69) is 10.5 Å². The van der Waals surface area contributed by atoms with Crippen LogP contribution in [0.5, 0.6) is 0 Å². The average Bonchev–Trinajstić information content (AvgIpc) is 3.16. The summed E-state index contributed by atoms with van der Waals surface area (Å²) < 4.78 is 28.3. The maximum Gasteiger partial charge on any atom is 0.256 e. The molecule has 0 unspecified atom stereocenters. The van der Waals surface area contributed by atoms with Gasteiger partial charge in [0.2, 0.25) is 0 Å². The highest BCUT2D eigenvalue weighted by atomic mass is 32.2. The van der Waals surface area contributed by atoms with E-state index in [1.807, 2.05) is 23.1 Å². The standard InChI is InChI=1S/C20H20N4O3S2/c25-20(14-8-9-18-22-29(26,27)12-11-23(18)13-14)24-10-4-3-6-16(24)19-21-15-5-1-2-7-17(15)28-19/h1-2,5,7-9,13,16H,3-4,6,10-12H2/t16-/m0/s1. The Kier molecular flexibility index (Phi) is 4.51. The molecular weight excluding hydrogens is 408 g/mol. The van der Waals surface area contributed by atoms with E-state index in [1.54, 1.807) is 34.6 Å². The predicted molar refractivity (Wildman–Crippen MR) is 113 cm³/mol. The van der Waals surface area contributed by atoms with Gasteiger partial charge in [-0.3, -0.25) is 4.79 Å². The number of aromatic nitrogens is 1.